The number of sulfone groups is 1. The number of methoxy groups -OCH3 is 1. The van der Waals surface area contributed by atoms with Gasteiger partial charge < -0.3 is 9.84 Å². The van der Waals surface area contributed by atoms with Crippen molar-refractivity contribution in [2.45, 2.75) is 26.4 Å². The fourth-order valence-corrected chi connectivity index (χ4v) is 4.47. The minimum atomic E-state index is -2.99. The van der Waals surface area contributed by atoms with Crippen molar-refractivity contribution >= 4 is 9.84 Å². The Morgan fingerprint density at radius 1 is 1.37 bits per heavy atom. The van der Waals surface area contributed by atoms with E-state index in [1.165, 1.54) is 0 Å². The Morgan fingerprint density at radius 3 is 2.58 bits per heavy atom. The van der Waals surface area contributed by atoms with E-state index < -0.39 is 15.9 Å². The van der Waals surface area contributed by atoms with Gasteiger partial charge in [-0.15, -0.1) is 0 Å². The second-order valence-corrected chi connectivity index (χ2v) is 7.47. The summed E-state index contributed by atoms with van der Waals surface area (Å²) in [5, 5.41) is 10.4. The molecular formula is C14H20O4S. The van der Waals surface area contributed by atoms with Gasteiger partial charge in [0, 0.05) is 11.5 Å². The number of hydrogen-bond donors (Lipinski definition) is 1. The summed E-state index contributed by atoms with van der Waals surface area (Å²) >= 11 is 0. The van der Waals surface area contributed by atoms with Crippen molar-refractivity contribution in [1.29, 1.82) is 0 Å². The number of hydrogen-bond acceptors (Lipinski definition) is 4. The van der Waals surface area contributed by atoms with Crippen molar-refractivity contribution in [3.05, 3.63) is 28.8 Å². The lowest BCUT2D eigenvalue weighted by molar-refractivity contribution is 0.118. The summed E-state index contributed by atoms with van der Waals surface area (Å²) in [6.45, 7) is 3.92. The quantitative estimate of drug-likeness (QED) is 0.919. The van der Waals surface area contributed by atoms with E-state index in [-0.39, 0.29) is 17.4 Å². The first-order chi connectivity index (χ1) is 8.85. The average molecular weight is 284 g/mol. The highest BCUT2D eigenvalue weighted by Crippen LogP contribution is 2.37. The molecule has 1 aromatic rings. The summed E-state index contributed by atoms with van der Waals surface area (Å²) in [5.41, 5.74) is 2.76. The normalized spacial score (nSPS) is 23.3. The van der Waals surface area contributed by atoms with Gasteiger partial charge in [0.1, 0.15) is 5.75 Å². The zero-order chi connectivity index (χ0) is 14.2. The third kappa shape index (κ3) is 2.77. The van der Waals surface area contributed by atoms with Gasteiger partial charge in [-0.1, -0.05) is 12.1 Å². The first kappa shape index (κ1) is 14.3. The molecule has 1 N–H and O–H groups in total. The van der Waals surface area contributed by atoms with E-state index in [9.17, 15) is 13.5 Å². The van der Waals surface area contributed by atoms with E-state index in [1.54, 1.807) is 7.11 Å². The fraction of sp³-hybridized carbons (Fsp3) is 0.571. The van der Waals surface area contributed by atoms with E-state index in [2.05, 4.69) is 0 Å². The van der Waals surface area contributed by atoms with Crippen molar-refractivity contribution in [2.24, 2.45) is 5.92 Å². The summed E-state index contributed by atoms with van der Waals surface area (Å²) in [5.74, 6) is 0.657. The maximum atomic E-state index is 11.5. The van der Waals surface area contributed by atoms with Gasteiger partial charge in [-0.3, -0.25) is 0 Å². The van der Waals surface area contributed by atoms with Gasteiger partial charge in [0.05, 0.1) is 24.7 Å². The van der Waals surface area contributed by atoms with Gasteiger partial charge in [-0.25, -0.2) is 8.42 Å². The first-order valence-electron chi connectivity index (χ1n) is 6.38. The lowest BCUT2D eigenvalue weighted by atomic mass is 9.92. The molecule has 0 spiro atoms. The van der Waals surface area contributed by atoms with E-state index in [4.69, 9.17) is 4.74 Å². The SMILES string of the molecule is COc1c(C(O)C2CCS(=O)(=O)C2)ccc(C)c1C. The molecule has 2 rings (SSSR count). The van der Waals surface area contributed by atoms with Crippen LogP contribution in [0.2, 0.25) is 0 Å². The summed E-state index contributed by atoms with van der Waals surface area (Å²) in [6, 6.07) is 3.76. The van der Waals surface area contributed by atoms with Crippen LogP contribution in [0, 0.1) is 19.8 Å². The minimum Gasteiger partial charge on any atom is -0.496 e. The van der Waals surface area contributed by atoms with E-state index in [1.807, 2.05) is 26.0 Å². The molecule has 0 amide bonds. The van der Waals surface area contributed by atoms with Crippen LogP contribution in [0.1, 0.15) is 29.2 Å². The Bertz CT molecular complexity index is 577. The summed E-state index contributed by atoms with van der Waals surface area (Å²) < 4.78 is 28.4. The Morgan fingerprint density at radius 2 is 2.05 bits per heavy atom. The number of aliphatic hydroxyl groups is 1. The molecule has 19 heavy (non-hydrogen) atoms. The Hall–Kier alpha value is -1.07. The average Bonchev–Trinajstić information content (AvgIpc) is 2.72. The molecule has 0 radical (unpaired) electrons. The number of aryl methyl sites for hydroxylation is 1. The molecule has 1 aliphatic rings. The Balaban J connectivity index is 2.34. The van der Waals surface area contributed by atoms with Gasteiger partial charge in [0.15, 0.2) is 9.84 Å². The highest BCUT2D eigenvalue weighted by atomic mass is 32.2. The Kier molecular flexibility index (Phi) is 3.87. The predicted octanol–water partition coefficient (Wildman–Crippen LogP) is 1.78. The highest BCUT2D eigenvalue weighted by Gasteiger charge is 2.34. The second kappa shape index (κ2) is 5.13. The summed E-state index contributed by atoms with van der Waals surface area (Å²) in [4.78, 5) is 0. The van der Waals surface area contributed by atoms with Gasteiger partial charge in [-0.2, -0.15) is 0 Å². The van der Waals surface area contributed by atoms with Crippen LogP contribution in [0.4, 0.5) is 0 Å². The van der Waals surface area contributed by atoms with Crippen molar-refractivity contribution in [1.82, 2.24) is 0 Å². The topological polar surface area (TPSA) is 63.6 Å². The summed E-state index contributed by atoms with van der Waals surface area (Å²) in [7, 11) is -1.41. The van der Waals surface area contributed by atoms with Gasteiger partial charge in [0.25, 0.3) is 0 Å². The van der Waals surface area contributed by atoms with Gasteiger partial charge in [0.2, 0.25) is 0 Å². The summed E-state index contributed by atoms with van der Waals surface area (Å²) in [6.07, 6.45) is -0.272. The molecule has 1 saturated heterocycles. The van der Waals surface area contributed by atoms with Crippen LogP contribution >= 0.6 is 0 Å². The molecule has 2 atom stereocenters. The van der Waals surface area contributed by atoms with Crippen molar-refractivity contribution < 1.29 is 18.3 Å². The maximum absolute atomic E-state index is 11.5. The number of ether oxygens (including phenoxy) is 1. The number of rotatable bonds is 3. The molecule has 1 heterocycles. The third-order valence-corrected chi connectivity index (χ3v) is 5.74. The molecule has 0 aliphatic carbocycles. The molecule has 1 fully saturated rings. The molecule has 5 heteroatoms. The number of aliphatic hydroxyl groups excluding tert-OH is 1. The smallest absolute Gasteiger partial charge is 0.150 e. The van der Waals surface area contributed by atoms with Gasteiger partial charge in [-0.05, 0) is 31.4 Å². The zero-order valence-corrected chi connectivity index (χ0v) is 12.3. The molecule has 106 valence electrons. The van der Waals surface area contributed by atoms with Crippen LogP contribution in [0.3, 0.4) is 0 Å². The van der Waals surface area contributed by atoms with E-state index >= 15 is 0 Å². The molecule has 4 nitrogen and oxygen atoms in total. The molecule has 0 aromatic heterocycles. The maximum Gasteiger partial charge on any atom is 0.150 e. The lowest BCUT2D eigenvalue weighted by Crippen LogP contribution is -2.15. The minimum absolute atomic E-state index is 0.0598. The molecule has 0 bridgehead atoms. The predicted molar refractivity (Wildman–Crippen MR) is 74.2 cm³/mol. The standard InChI is InChI=1S/C14H20O4S/c1-9-4-5-12(14(18-3)10(9)2)13(15)11-6-7-19(16,17)8-11/h4-5,11,13,15H,6-8H2,1-3H3. The first-order valence-corrected chi connectivity index (χ1v) is 8.20. The van der Waals surface area contributed by atoms with Gasteiger partial charge >= 0.3 is 0 Å². The molecule has 1 aromatic carbocycles. The van der Waals surface area contributed by atoms with Crippen molar-refractivity contribution in [2.75, 3.05) is 18.6 Å². The largest absolute Gasteiger partial charge is 0.496 e. The van der Waals surface area contributed by atoms with Crippen molar-refractivity contribution in [3.63, 3.8) is 0 Å². The van der Waals surface area contributed by atoms with Crippen LogP contribution < -0.4 is 4.74 Å². The highest BCUT2D eigenvalue weighted by molar-refractivity contribution is 7.91. The van der Waals surface area contributed by atoms with Crippen LogP contribution in [-0.2, 0) is 9.84 Å². The lowest BCUT2D eigenvalue weighted by Gasteiger charge is -2.21. The molecular weight excluding hydrogens is 264 g/mol. The fourth-order valence-electron chi connectivity index (χ4n) is 2.64. The van der Waals surface area contributed by atoms with Crippen LogP contribution in [-0.4, -0.2) is 32.1 Å². The Labute approximate surface area is 114 Å². The van der Waals surface area contributed by atoms with Crippen LogP contribution in [0.15, 0.2) is 12.1 Å². The van der Waals surface area contributed by atoms with Crippen LogP contribution in [0.25, 0.3) is 0 Å². The van der Waals surface area contributed by atoms with Crippen LogP contribution in [0.5, 0.6) is 5.75 Å². The third-order valence-electron chi connectivity index (χ3n) is 3.94. The van der Waals surface area contributed by atoms with E-state index in [0.29, 0.717) is 17.7 Å². The monoisotopic (exact) mass is 284 g/mol. The van der Waals surface area contributed by atoms with Crippen molar-refractivity contribution in [3.8, 4) is 5.75 Å². The molecule has 1 aliphatic heterocycles. The second-order valence-electron chi connectivity index (χ2n) is 5.24. The number of benzene rings is 1. The zero-order valence-electron chi connectivity index (χ0n) is 11.5. The molecule has 2 unspecified atom stereocenters. The molecule has 0 saturated carbocycles. The van der Waals surface area contributed by atoms with E-state index in [0.717, 1.165) is 11.1 Å².